The van der Waals surface area contributed by atoms with Crippen LogP contribution in [0, 0.1) is 5.92 Å². The van der Waals surface area contributed by atoms with Gasteiger partial charge in [-0.15, -0.1) is 0 Å². The van der Waals surface area contributed by atoms with Crippen LogP contribution in [0.1, 0.15) is 23.7 Å². The van der Waals surface area contributed by atoms with E-state index >= 15 is 0 Å². The average Bonchev–Trinajstić information content (AvgIpc) is 2.89. The number of hydrogen-bond donors (Lipinski definition) is 1. The van der Waals surface area contributed by atoms with Crippen molar-refractivity contribution in [3.63, 3.8) is 0 Å². The van der Waals surface area contributed by atoms with E-state index in [1.165, 1.54) is 0 Å². The molecule has 1 heterocycles. The number of likely N-dealkylation sites (tertiary alicyclic amines) is 1. The smallest absolute Gasteiger partial charge is 0.256 e. The number of nitrogens with one attached hydrogen (secondary N) is 1. The van der Waals surface area contributed by atoms with Gasteiger partial charge >= 0.3 is 0 Å². The van der Waals surface area contributed by atoms with Crippen molar-refractivity contribution in [1.29, 1.82) is 0 Å². The second kappa shape index (κ2) is 6.95. The van der Waals surface area contributed by atoms with Gasteiger partial charge in [-0.1, -0.05) is 11.6 Å². The number of methoxy groups -OCH3 is 1. The van der Waals surface area contributed by atoms with Crippen LogP contribution < -0.4 is 5.32 Å². The molecule has 0 aromatic heterocycles. The number of nitrogens with zero attached hydrogens (tertiary/aromatic N) is 1. The van der Waals surface area contributed by atoms with E-state index in [1.807, 2.05) is 17.9 Å². The van der Waals surface area contributed by atoms with Crippen molar-refractivity contribution in [2.75, 3.05) is 38.7 Å². The van der Waals surface area contributed by atoms with Crippen LogP contribution in [0.25, 0.3) is 0 Å². The van der Waals surface area contributed by atoms with Crippen LogP contribution >= 0.6 is 11.6 Å². The fourth-order valence-corrected chi connectivity index (χ4v) is 2.77. The van der Waals surface area contributed by atoms with Crippen molar-refractivity contribution in [3.8, 4) is 0 Å². The Morgan fingerprint density at radius 2 is 2.35 bits per heavy atom. The molecule has 1 amide bonds. The molecule has 1 unspecified atom stereocenters. The second-order valence-electron chi connectivity index (χ2n) is 5.08. The summed E-state index contributed by atoms with van der Waals surface area (Å²) in [6.45, 7) is 5.02. The molecule has 0 spiro atoms. The van der Waals surface area contributed by atoms with Crippen molar-refractivity contribution < 1.29 is 9.53 Å². The predicted molar refractivity (Wildman–Crippen MR) is 81.5 cm³/mol. The number of carbonyl (C=O) groups is 1. The fraction of sp³-hybridized carbons (Fsp3) is 0.533. The van der Waals surface area contributed by atoms with Gasteiger partial charge < -0.3 is 15.0 Å². The first kappa shape index (κ1) is 15.1. The average molecular weight is 297 g/mol. The Balaban J connectivity index is 2.14. The van der Waals surface area contributed by atoms with Gasteiger partial charge in [-0.3, -0.25) is 4.79 Å². The van der Waals surface area contributed by atoms with Gasteiger partial charge in [-0.05, 0) is 31.5 Å². The van der Waals surface area contributed by atoms with Crippen LogP contribution in [0.15, 0.2) is 18.2 Å². The summed E-state index contributed by atoms with van der Waals surface area (Å²) in [5, 5.41) is 3.80. The summed E-state index contributed by atoms with van der Waals surface area (Å²) in [5.41, 5.74) is 1.49. The molecule has 0 radical (unpaired) electrons. The number of rotatable bonds is 5. The largest absolute Gasteiger partial charge is 0.385 e. The quantitative estimate of drug-likeness (QED) is 0.908. The van der Waals surface area contributed by atoms with Crippen LogP contribution in [0.5, 0.6) is 0 Å². The molecule has 20 heavy (non-hydrogen) atoms. The van der Waals surface area contributed by atoms with Crippen molar-refractivity contribution in [3.05, 3.63) is 28.8 Å². The lowest BCUT2D eigenvalue weighted by molar-refractivity contribution is 0.0776. The number of ether oxygens (including phenoxy) is 1. The van der Waals surface area contributed by atoms with Crippen molar-refractivity contribution >= 4 is 23.2 Å². The summed E-state index contributed by atoms with van der Waals surface area (Å²) in [5.74, 6) is 0.479. The standard InChI is InChI=1S/C15H21ClN2O2/c1-3-17-14-5-4-12(16)8-13(14)15(19)18-7-6-11(9-18)10-20-2/h4-5,8,11,17H,3,6-7,9-10H2,1-2H3. The fourth-order valence-electron chi connectivity index (χ4n) is 2.60. The Labute approximate surface area is 125 Å². The Bertz CT molecular complexity index is 479. The molecule has 1 aliphatic rings. The van der Waals surface area contributed by atoms with Gasteiger partial charge in [0.05, 0.1) is 12.2 Å². The van der Waals surface area contributed by atoms with E-state index in [-0.39, 0.29) is 5.91 Å². The summed E-state index contributed by atoms with van der Waals surface area (Å²) in [6.07, 6.45) is 0.997. The molecule has 110 valence electrons. The molecule has 1 fully saturated rings. The molecule has 1 saturated heterocycles. The van der Waals surface area contributed by atoms with E-state index in [9.17, 15) is 4.79 Å². The number of carbonyl (C=O) groups excluding carboxylic acids is 1. The molecule has 1 aromatic rings. The summed E-state index contributed by atoms with van der Waals surface area (Å²) >= 11 is 6.03. The molecule has 0 saturated carbocycles. The molecule has 5 heteroatoms. The Hall–Kier alpha value is -1.26. The zero-order valence-corrected chi connectivity index (χ0v) is 12.7. The topological polar surface area (TPSA) is 41.6 Å². The third kappa shape index (κ3) is 3.44. The van der Waals surface area contributed by atoms with Crippen molar-refractivity contribution in [2.45, 2.75) is 13.3 Å². The highest BCUT2D eigenvalue weighted by molar-refractivity contribution is 6.31. The molecular formula is C15H21ClN2O2. The number of hydrogen-bond acceptors (Lipinski definition) is 3. The molecule has 0 aliphatic carbocycles. The van der Waals surface area contributed by atoms with Crippen LogP contribution in [-0.2, 0) is 4.74 Å². The summed E-state index contributed by atoms with van der Waals surface area (Å²) < 4.78 is 5.17. The maximum Gasteiger partial charge on any atom is 0.256 e. The summed E-state index contributed by atoms with van der Waals surface area (Å²) in [6, 6.07) is 5.40. The number of halogens is 1. The molecule has 2 rings (SSSR count). The van der Waals surface area contributed by atoms with E-state index in [4.69, 9.17) is 16.3 Å². The number of benzene rings is 1. The van der Waals surface area contributed by atoms with Gasteiger partial charge in [-0.25, -0.2) is 0 Å². The Kier molecular flexibility index (Phi) is 5.26. The zero-order valence-electron chi connectivity index (χ0n) is 12.0. The highest BCUT2D eigenvalue weighted by Gasteiger charge is 2.28. The highest BCUT2D eigenvalue weighted by atomic mass is 35.5. The minimum atomic E-state index is 0.0436. The van der Waals surface area contributed by atoms with E-state index in [0.717, 1.165) is 31.7 Å². The van der Waals surface area contributed by atoms with E-state index in [0.29, 0.717) is 23.1 Å². The molecule has 0 bridgehead atoms. The van der Waals surface area contributed by atoms with E-state index < -0.39 is 0 Å². The Morgan fingerprint density at radius 1 is 1.55 bits per heavy atom. The molecule has 4 nitrogen and oxygen atoms in total. The number of amides is 1. The Morgan fingerprint density at radius 3 is 3.05 bits per heavy atom. The minimum absolute atomic E-state index is 0.0436. The van der Waals surface area contributed by atoms with Gasteiger partial charge in [0.2, 0.25) is 0 Å². The third-order valence-corrected chi connectivity index (χ3v) is 3.79. The van der Waals surface area contributed by atoms with E-state index in [2.05, 4.69) is 5.32 Å². The summed E-state index contributed by atoms with van der Waals surface area (Å²) in [7, 11) is 1.70. The molecule has 1 N–H and O–H groups in total. The van der Waals surface area contributed by atoms with Gasteiger partial charge in [0.25, 0.3) is 5.91 Å². The maximum atomic E-state index is 12.6. The first-order chi connectivity index (χ1) is 9.65. The first-order valence-corrected chi connectivity index (χ1v) is 7.35. The van der Waals surface area contributed by atoms with E-state index in [1.54, 1.807) is 19.2 Å². The molecule has 1 aromatic carbocycles. The van der Waals surface area contributed by atoms with Crippen LogP contribution in [-0.4, -0.2) is 44.2 Å². The lowest BCUT2D eigenvalue weighted by atomic mass is 10.1. The third-order valence-electron chi connectivity index (χ3n) is 3.55. The minimum Gasteiger partial charge on any atom is -0.385 e. The van der Waals surface area contributed by atoms with Crippen molar-refractivity contribution in [1.82, 2.24) is 4.90 Å². The van der Waals surface area contributed by atoms with Crippen LogP contribution in [0.2, 0.25) is 5.02 Å². The maximum absolute atomic E-state index is 12.6. The molecule has 1 atom stereocenters. The first-order valence-electron chi connectivity index (χ1n) is 6.97. The molecular weight excluding hydrogens is 276 g/mol. The predicted octanol–water partition coefficient (Wildman–Crippen LogP) is 2.88. The lowest BCUT2D eigenvalue weighted by Gasteiger charge is -2.19. The number of anilines is 1. The highest BCUT2D eigenvalue weighted by Crippen LogP contribution is 2.25. The van der Waals surface area contributed by atoms with Crippen LogP contribution in [0.3, 0.4) is 0 Å². The summed E-state index contributed by atoms with van der Waals surface area (Å²) in [4.78, 5) is 14.5. The van der Waals surface area contributed by atoms with Crippen molar-refractivity contribution in [2.24, 2.45) is 5.92 Å². The van der Waals surface area contributed by atoms with Gasteiger partial charge in [0, 0.05) is 43.4 Å². The second-order valence-corrected chi connectivity index (χ2v) is 5.52. The van der Waals surface area contributed by atoms with Crippen LogP contribution in [0.4, 0.5) is 5.69 Å². The van der Waals surface area contributed by atoms with Gasteiger partial charge in [0.15, 0.2) is 0 Å². The van der Waals surface area contributed by atoms with Gasteiger partial charge in [-0.2, -0.15) is 0 Å². The molecule has 1 aliphatic heterocycles. The SMILES string of the molecule is CCNc1ccc(Cl)cc1C(=O)N1CCC(COC)C1. The lowest BCUT2D eigenvalue weighted by Crippen LogP contribution is -2.30. The normalized spacial score (nSPS) is 18.4. The monoisotopic (exact) mass is 296 g/mol. The zero-order chi connectivity index (χ0) is 14.5. The van der Waals surface area contributed by atoms with Gasteiger partial charge in [0.1, 0.15) is 0 Å².